The van der Waals surface area contributed by atoms with Gasteiger partial charge in [0.1, 0.15) is 11.5 Å². The molecule has 0 bridgehead atoms. The van der Waals surface area contributed by atoms with Crippen molar-refractivity contribution < 1.29 is 17.9 Å². The minimum absolute atomic E-state index is 0.131. The Hall–Kier alpha value is -1.44. The summed E-state index contributed by atoms with van der Waals surface area (Å²) in [6.07, 6.45) is 0. The van der Waals surface area contributed by atoms with Gasteiger partial charge in [-0.1, -0.05) is 27.5 Å². The molecule has 118 valence electrons. The van der Waals surface area contributed by atoms with Crippen molar-refractivity contribution in [2.75, 3.05) is 18.9 Å². The second-order valence-corrected chi connectivity index (χ2v) is 7.25. The molecule has 5 nitrogen and oxygen atoms in total. The third-order valence-corrected chi connectivity index (χ3v) is 5.05. The van der Waals surface area contributed by atoms with Gasteiger partial charge >= 0.3 is 0 Å². The molecule has 0 aromatic heterocycles. The average molecular weight is 407 g/mol. The fraction of sp³-hybridized carbons (Fsp3) is 0.143. The Bertz CT molecular complexity index is 778. The van der Waals surface area contributed by atoms with Crippen LogP contribution in [0.2, 0.25) is 5.02 Å². The number of benzene rings is 2. The van der Waals surface area contributed by atoms with Gasteiger partial charge in [-0.3, -0.25) is 4.72 Å². The number of rotatable bonds is 5. The van der Waals surface area contributed by atoms with Crippen LogP contribution in [0.4, 0.5) is 5.69 Å². The molecule has 0 aliphatic rings. The van der Waals surface area contributed by atoms with Gasteiger partial charge in [0.2, 0.25) is 0 Å². The number of ether oxygens (including phenoxy) is 2. The van der Waals surface area contributed by atoms with Crippen molar-refractivity contribution in [1.29, 1.82) is 0 Å². The molecule has 0 fully saturated rings. The minimum atomic E-state index is -3.75. The van der Waals surface area contributed by atoms with Gasteiger partial charge in [0.15, 0.2) is 0 Å². The van der Waals surface area contributed by atoms with Crippen molar-refractivity contribution in [2.24, 2.45) is 0 Å². The first kappa shape index (κ1) is 16.9. The molecule has 22 heavy (non-hydrogen) atoms. The third-order valence-electron chi connectivity index (χ3n) is 2.84. The molecule has 8 heteroatoms. The largest absolute Gasteiger partial charge is 0.495 e. The zero-order chi connectivity index (χ0) is 16.3. The van der Waals surface area contributed by atoms with Gasteiger partial charge in [-0.05, 0) is 24.3 Å². The highest BCUT2D eigenvalue weighted by Gasteiger charge is 2.18. The van der Waals surface area contributed by atoms with Crippen LogP contribution in [0.3, 0.4) is 0 Å². The molecule has 2 aromatic rings. The molecule has 2 rings (SSSR count). The second kappa shape index (κ2) is 6.76. The summed E-state index contributed by atoms with van der Waals surface area (Å²) in [5, 5.41) is 0.325. The molecule has 0 atom stereocenters. The topological polar surface area (TPSA) is 64.6 Å². The summed E-state index contributed by atoms with van der Waals surface area (Å²) in [6, 6.07) is 9.23. The maximum absolute atomic E-state index is 12.4. The predicted molar refractivity (Wildman–Crippen MR) is 89.5 cm³/mol. The lowest BCUT2D eigenvalue weighted by Crippen LogP contribution is -2.13. The Kier molecular flexibility index (Phi) is 5.20. The van der Waals surface area contributed by atoms with Crippen LogP contribution in [0.5, 0.6) is 11.5 Å². The molecule has 0 spiro atoms. The van der Waals surface area contributed by atoms with Gasteiger partial charge in [-0.15, -0.1) is 0 Å². The smallest absolute Gasteiger partial charge is 0.262 e. The summed E-state index contributed by atoms with van der Waals surface area (Å²) in [5.74, 6) is 0.641. The van der Waals surface area contributed by atoms with Crippen molar-refractivity contribution in [3.63, 3.8) is 0 Å². The number of nitrogens with one attached hydrogen (secondary N) is 1. The molecule has 0 amide bonds. The van der Waals surface area contributed by atoms with Gasteiger partial charge in [-0.2, -0.15) is 0 Å². The van der Waals surface area contributed by atoms with E-state index < -0.39 is 10.0 Å². The Labute approximate surface area is 142 Å². The zero-order valence-electron chi connectivity index (χ0n) is 11.8. The quantitative estimate of drug-likeness (QED) is 0.817. The Morgan fingerprint density at radius 1 is 1.05 bits per heavy atom. The lowest BCUT2D eigenvalue weighted by Gasteiger charge is -2.14. The van der Waals surface area contributed by atoms with E-state index in [0.717, 1.165) is 4.47 Å². The molecule has 1 N–H and O–H groups in total. The van der Waals surface area contributed by atoms with Gasteiger partial charge in [0, 0.05) is 16.6 Å². The van der Waals surface area contributed by atoms with Crippen molar-refractivity contribution in [1.82, 2.24) is 0 Å². The van der Waals surface area contributed by atoms with Crippen LogP contribution in [0.25, 0.3) is 0 Å². The van der Waals surface area contributed by atoms with Crippen molar-refractivity contribution in [2.45, 2.75) is 4.90 Å². The van der Waals surface area contributed by atoms with E-state index in [0.29, 0.717) is 16.5 Å². The summed E-state index contributed by atoms with van der Waals surface area (Å²) in [7, 11) is -0.879. The van der Waals surface area contributed by atoms with E-state index >= 15 is 0 Å². The molecular weight excluding hydrogens is 394 g/mol. The SMILES string of the molecule is COc1cc(NS(=O)(=O)c2ccc(Br)cc2)c(OC)cc1Cl. The van der Waals surface area contributed by atoms with Crippen LogP contribution < -0.4 is 14.2 Å². The maximum atomic E-state index is 12.4. The monoisotopic (exact) mass is 405 g/mol. The van der Waals surface area contributed by atoms with Gasteiger partial charge in [0.05, 0.1) is 29.8 Å². The van der Waals surface area contributed by atoms with Crippen LogP contribution in [0.15, 0.2) is 45.8 Å². The summed E-state index contributed by atoms with van der Waals surface area (Å²) in [6.45, 7) is 0. The average Bonchev–Trinajstić information content (AvgIpc) is 2.48. The number of hydrogen-bond acceptors (Lipinski definition) is 4. The minimum Gasteiger partial charge on any atom is -0.495 e. The lowest BCUT2D eigenvalue weighted by atomic mass is 10.3. The Morgan fingerprint density at radius 2 is 1.64 bits per heavy atom. The number of halogens is 2. The highest BCUT2D eigenvalue weighted by Crippen LogP contribution is 2.36. The zero-order valence-corrected chi connectivity index (χ0v) is 14.9. The standard InChI is InChI=1S/C14H13BrClNO4S/c1-20-13-8-12(14(21-2)7-11(13)16)17-22(18,19)10-5-3-9(15)4-6-10/h3-8,17H,1-2H3. The van der Waals surface area contributed by atoms with Crippen LogP contribution in [-0.4, -0.2) is 22.6 Å². The van der Waals surface area contributed by atoms with Gasteiger partial charge in [-0.25, -0.2) is 8.42 Å². The lowest BCUT2D eigenvalue weighted by molar-refractivity contribution is 0.405. The van der Waals surface area contributed by atoms with E-state index in [1.165, 1.54) is 38.5 Å². The van der Waals surface area contributed by atoms with E-state index in [1.807, 2.05) is 0 Å². The van der Waals surface area contributed by atoms with Crippen molar-refractivity contribution in [3.8, 4) is 11.5 Å². The normalized spacial score (nSPS) is 11.1. The first-order chi connectivity index (χ1) is 10.4. The molecular formula is C14H13BrClNO4S. The van der Waals surface area contributed by atoms with Crippen molar-refractivity contribution in [3.05, 3.63) is 45.9 Å². The molecule has 0 aliphatic carbocycles. The molecule has 0 unspecified atom stereocenters. The Balaban J connectivity index is 2.42. The van der Waals surface area contributed by atoms with Gasteiger partial charge in [0.25, 0.3) is 10.0 Å². The number of anilines is 1. The van der Waals surface area contributed by atoms with Crippen LogP contribution in [-0.2, 0) is 10.0 Å². The molecule has 0 aliphatic heterocycles. The van der Waals surface area contributed by atoms with Crippen molar-refractivity contribution >= 4 is 43.2 Å². The fourth-order valence-electron chi connectivity index (χ4n) is 1.76. The van der Waals surface area contributed by atoms with E-state index in [-0.39, 0.29) is 10.6 Å². The number of hydrogen-bond donors (Lipinski definition) is 1. The Morgan fingerprint density at radius 3 is 2.18 bits per heavy atom. The molecule has 2 aromatic carbocycles. The molecule has 0 radical (unpaired) electrons. The summed E-state index contributed by atoms with van der Waals surface area (Å²) in [4.78, 5) is 0.131. The number of sulfonamides is 1. The second-order valence-electron chi connectivity index (χ2n) is 4.25. The first-order valence-electron chi connectivity index (χ1n) is 6.07. The summed E-state index contributed by atoms with van der Waals surface area (Å²) in [5.41, 5.74) is 0.242. The fourth-order valence-corrected chi connectivity index (χ4v) is 3.31. The molecule has 0 heterocycles. The van der Waals surface area contributed by atoms with Crippen LogP contribution in [0, 0.1) is 0 Å². The van der Waals surface area contributed by atoms with E-state index in [2.05, 4.69) is 20.7 Å². The molecule has 0 saturated heterocycles. The summed E-state index contributed by atoms with van der Waals surface area (Å²) < 4.78 is 38.3. The maximum Gasteiger partial charge on any atom is 0.262 e. The predicted octanol–water partition coefficient (Wildman–Crippen LogP) is 3.92. The molecule has 0 saturated carbocycles. The number of methoxy groups -OCH3 is 2. The van der Waals surface area contributed by atoms with Crippen LogP contribution >= 0.6 is 27.5 Å². The van der Waals surface area contributed by atoms with E-state index in [1.54, 1.807) is 12.1 Å². The highest BCUT2D eigenvalue weighted by atomic mass is 79.9. The van der Waals surface area contributed by atoms with E-state index in [4.69, 9.17) is 21.1 Å². The highest BCUT2D eigenvalue weighted by molar-refractivity contribution is 9.10. The summed E-state index contributed by atoms with van der Waals surface area (Å²) >= 11 is 9.26. The third kappa shape index (κ3) is 3.66. The van der Waals surface area contributed by atoms with E-state index in [9.17, 15) is 8.42 Å². The van der Waals surface area contributed by atoms with Crippen LogP contribution in [0.1, 0.15) is 0 Å². The first-order valence-corrected chi connectivity index (χ1v) is 8.72. The van der Waals surface area contributed by atoms with Gasteiger partial charge < -0.3 is 9.47 Å².